The molecule has 104 valence electrons. The van der Waals surface area contributed by atoms with Crippen molar-refractivity contribution in [3.63, 3.8) is 0 Å². The van der Waals surface area contributed by atoms with Gasteiger partial charge in [0, 0.05) is 16.1 Å². The van der Waals surface area contributed by atoms with Gasteiger partial charge in [0.15, 0.2) is 5.70 Å². The van der Waals surface area contributed by atoms with Crippen LogP contribution < -0.4 is 0 Å². The van der Waals surface area contributed by atoms with E-state index in [1.165, 1.54) is 12.1 Å². The number of benzene rings is 2. The van der Waals surface area contributed by atoms with Gasteiger partial charge in [-0.2, -0.15) is 0 Å². The monoisotopic (exact) mass is 301 g/mol. The summed E-state index contributed by atoms with van der Waals surface area (Å²) in [6, 6.07) is 12.9. The average Bonchev–Trinajstić information content (AvgIpc) is 2.83. The minimum absolute atomic E-state index is 0.0510. The number of nitrogens with zero attached hydrogens (tertiary/aromatic N) is 1. The summed E-state index contributed by atoms with van der Waals surface area (Å²) in [6.45, 7) is 0. The normalized spacial score (nSPS) is 16.0. The Morgan fingerprint density at radius 1 is 1.14 bits per heavy atom. The summed E-state index contributed by atoms with van der Waals surface area (Å²) in [5.41, 5.74) is 0.920. The molecule has 2 aromatic carbocycles. The molecule has 5 heteroatoms. The highest BCUT2D eigenvalue weighted by atomic mass is 35.5. The SMILES string of the molecule is O=C1OC(c2cccc(Cl)c2)=NC1=Cc1ccccc1F. The van der Waals surface area contributed by atoms with Gasteiger partial charge in [-0.3, -0.25) is 0 Å². The lowest BCUT2D eigenvalue weighted by atomic mass is 10.2. The van der Waals surface area contributed by atoms with E-state index in [1.807, 2.05) is 0 Å². The van der Waals surface area contributed by atoms with Crippen LogP contribution in [0.3, 0.4) is 0 Å². The summed E-state index contributed by atoms with van der Waals surface area (Å²) < 4.78 is 18.7. The number of halogens is 2. The molecule has 0 saturated carbocycles. The largest absolute Gasteiger partial charge is 0.402 e. The van der Waals surface area contributed by atoms with Gasteiger partial charge in [-0.1, -0.05) is 35.9 Å². The highest BCUT2D eigenvalue weighted by Crippen LogP contribution is 2.21. The van der Waals surface area contributed by atoms with Gasteiger partial charge in [0.25, 0.3) is 0 Å². The molecule has 1 aliphatic rings. The molecule has 0 aromatic heterocycles. The lowest BCUT2D eigenvalue weighted by molar-refractivity contribution is -0.129. The second-order valence-corrected chi connectivity index (χ2v) is 4.80. The van der Waals surface area contributed by atoms with Gasteiger partial charge in [0.2, 0.25) is 5.90 Å². The van der Waals surface area contributed by atoms with E-state index in [0.29, 0.717) is 10.6 Å². The molecule has 0 unspecified atom stereocenters. The molecule has 3 nitrogen and oxygen atoms in total. The predicted octanol–water partition coefficient (Wildman–Crippen LogP) is 3.82. The first kappa shape index (κ1) is 13.5. The molecule has 0 atom stereocenters. The molecule has 1 heterocycles. The van der Waals surface area contributed by atoms with Gasteiger partial charge in [-0.15, -0.1) is 0 Å². The molecule has 0 aliphatic carbocycles. The first-order valence-electron chi connectivity index (χ1n) is 6.16. The number of esters is 1. The van der Waals surface area contributed by atoms with Crippen molar-refractivity contribution in [1.82, 2.24) is 0 Å². The summed E-state index contributed by atoms with van der Waals surface area (Å²) in [5, 5.41) is 0.512. The van der Waals surface area contributed by atoms with E-state index in [9.17, 15) is 9.18 Å². The van der Waals surface area contributed by atoms with Gasteiger partial charge in [0.05, 0.1) is 0 Å². The fraction of sp³-hybridized carbons (Fsp3) is 0. The van der Waals surface area contributed by atoms with Gasteiger partial charge in [-0.25, -0.2) is 14.2 Å². The topological polar surface area (TPSA) is 38.7 Å². The molecule has 0 bridgehead atoms. The Labute approximate surface area is 125 Å². The third-order valence-corrected chi connectivity index (χ3v) is 3.12. The van der Waals surface area contributed by atoms with Crippen molar-refractivity contribution in [2.24, 2.45) is 4.99 Å². The fourth-order valence-electron chi connectivity index (χ4n) is 1.89. The van der Waals surface area contributed by atoms with Gasteiger partial charge in [-0.05, 0) is 30.3 Å². The number of hydrogen-bond donors (Lipinski definition) is 0. The molecule has 0 amide bonds. The van der Waals surface area contributed by atoms with Crippen molar-refractivity contribution in [2.45, 2.75) is 0 Å². The third kappa shape index (κ3) is 2.85. The lowest BCUT2D eigenvalue weighted by Gasteiger charge is -1.99. The molecule has 0 radical (unpaired) electrons. The number of rotatable bonds is 2. The summed E-state index contributed by atoms with van der Waals surface area (Å²) in [4.78, 5) is 15.9. The number of hydrogen-bond acceptors (Lipinski definition) is 3. The summed E-state index contributed by atoms with van der Waals surface area (Å²) in [7, 11) is 0. The highest BCUT2D eigenvalue weighted by Gasteiger charge is 2.24. The number of carbonyl (C=O) groups is 1. The van der Waals surface area contributed by atoms with Crippen LogP contribution in [0.25, 0.3) is 6.08 Å². The van der Waals surface area contributed by atoms with E-state index in [-0.39, 0.29) is 17.2 Å². The zero-order valence-electron chi connectivity index (χ0n) is 10.7. The molecular formula is C16H9ClFNO2. The molecule has 1 aliphatic heterocycles. The smallest absolute Gasteiger partial charge is 0.363 e. The van der Waals surface area contributed by atoms with Crippen LogP contribution in [0.2, 0.25) is 5.02 Å². The number of cyclic esters (lactones) is 1. The molecule has 2 aromatic rings. The molecule has 0 saturated heterocycles. The van der Waals surface area contributed by atoms with Crippen molar-refractivity contribution in [2.75, 3.05) is 0 Å². The maximum Gasteiger partial charge on any atom is 0.363 e. The molecule has 0 fully saturated rings. The van der Waals surface area contributed by atoms with E-state index >= 15 is 0 Å². The Bertz CT molecular complexity index is 783. The van der Waals surface area contributed by atoms with Crippen LogP contribution in [0.5, 0.6) is 0 Å². The summed E-state index contributed by atoms with van der Waals surface area (Å²) in [6.07, 6.45) is 1.36. The quantitative estimate of drug-likeness (QED) is 0.625. The van der Waals surface area contributed by atoms with Crippen LogP contribution in [0.15, 0.2) is 59.2 Å². The van der Waals surface area contributed by atoms with E-state index in [4.69, 9.17) is 16.3 Å². The molecule has 21 heavy (non-hydrogen) atoms. The minimum atomic E-state index is -0.617. The van der Waals surface area contributed by atoms with Crippen LogP contribution >= 0.6 is 11.6 Å². The first-order chi connectivity index (χ1) is 10.1. The van der Waals surface area contributed by atoms with Crippen LogP contribution in [0.4, 0.5) is 4.39 Å². The van der Waals surface area contributed by atoms with Crippen LogP contribution in [-0.2, 0) is 9.53 Å². The minimum Gasteiger partial charge on any atom is -0.402 e. The lowest BCUT2D eigenvalue weighted by Crippen LogP contribution is -2.05. The number of carbonyl (C=O) groups excluding carboxylic acids is 1. The molecule has 0 N–H and O–H groups in total. The standard InChI is InChI=1S/C16H9ClFNO2/c17-12-6-3-5-11(8-12)15-19-14(16(20)21-15)9-10-4-1-2-7-13(10)18/h1-9H. The Morgan fingerprint density at radius 2 is 1.95 bits per heavy atom. The maximum absolute atomic E-state index is 13.6. The van der Waals surface area contributed by atoms with Gasteiger partial charge in [0.1, 0.15) is 5.82 Å². The molecule has 3 rings (SSSR count). The van der Waals surface area contributed by atoms with Gasteiger partial charge < -0.3 is 4.74 Å². The first-order valence-corrected chi connectivity index (χ1v) is 6.54. The number of ether oxygens (including phenoxy) is 1. The fourth-order valence-corrected chi connectivity index (χ4v) is 2.08. The Morgan fingerprint density at radius 3 is 2.71 bits per heavy atom. The van der Waals surface area contributed by atoms with Crippen molar-refractivity contribution in [3.05, 3.63) is 76.2 Å². The number of aliphatic imine (C=N–C) groups is 1. The zero-order chi connectivity index (χ0) is 14.8. The van der Waals surface area contributed by atoms with Gasteiger partial charge >= 0.3 is 5.97 Å². The second kappa shape index (κ2) is 5.50. The van der Waals surface area contributed by atoms with E-state index in [2.05, 4.69) is 4.99 Å². The third-order valence-electron chi connectivity index (χ3n) is 2.89. The van der Waals surface area contributed by atoms with Crippen LogP contribution in [0, 0.1) is 5.82 Å². The van der Waals surface area contributed by atoms with Crippen molar-refractivity contribution >= 4 is 29.5 Å². The predicted molar refractivity (Wildman–Crippen MR) is 78.5 cm³/mol. The Hall–Kier alpha value is -2.46. The van der Waals surface area contributed by atoms with Crippen LogP contribution in [-0.4, -0.2) is 11.9 Å². The summed E-state index contributed by atoms with van der Waals surface area (Å²) in [5.74, 6) is -0.887. The van der Waals surface area contributed by atoms with Crippen molar-refractivity contribution in [1.29, 1.82) is 0 Å². The molecule has 0 spiro atoms. The van der Waals surface area contributed by atoms with Crippen molar-refractivity contribution in [3.8, 4) is 0 Å². The van der Waals surface area contributed by atoms with E-state index in [1.54, 1.807) is 42.5 Å². The summed E-state index contributed by atoms with van der Waals surface area (Å²) >= 11 is 5.89. The van der Waals surface area contributed by atoms with Crippen LogP contribution in [0.1, 0.15) is 11.1 Å². The zero-order valence-corrected chi connectivity index (χ0v) is 11.5. The average molecular weight is 302 g/mol. The maximum atomic E-state index is 13.6. The van der Waals surface area contributed by atoms with E-state index < -0.39 is 11.8 Å². The van der Waals surface area contributed by atoms with E-state index in [0.717, 1.165) is 0 Å². The second-order valence-electron chi connectivity index (χ2n) is 4.37. The Kier molecular flexibility index (Phi) is 3.54. The molecular weight excluding hydrogens is 293 g/mol. The van der Waals surface area contributed by atoms with Crippen molar-refractivity contribution < 1.29 is 13.9 Å². The Balaban J connectivity index is 1.98. The highest BCUT2D eigenvalue weighted by molar-refractivity contribution is 6.31.